The molecule has 0 aliphatic heterocycles. The van der Waals surface area contributed by atoms with Crippen molar-refractivity contribution in [2.24, 2.45) is 0 Å². The molecule has 1 aliphatic carbocycles. The maximum atomic E-state index is 12.5. The van der Waals surface area contributed by atoms with Crippen molar-refractivity contribution in [1.29, 1.82) is 0 Å². The van der Waals surface area contributed by atoms with Gasteiger partial charge in [-0.1, -0.05) is 0 Å². The van der Waals surface area contributed by atoms with Crippen LogP contribution in [0.4, 0.5) is 4.39 Å². The van der Waals surface area contributed by atoms with Crippen LogP contribution >= 0.6 is 8.69 Å². The predicted molar refractivity (Wildman–Crippen MR) is 37.2 cm³/mol. The molecule has 2 nitrogen and oxygen atoms in total. The smallest absolute Gasteiger partial charge is 0.247 e. The first-order valence-corrected chi connectivity index (χ1v) is 4.31. The van der Waals surface area contributed by atoms with Crippen LogP contribution in [0.1, 0.15) is 25.7 Å². The first-order chi connectivity index (χ1) is 4.83. The van der Waals surface area contributed by atoms with E-state index in [1.165, 1.54) is 0 Å². The van der Waals surface area contributed by atoms with E-state index >= 15 is 0 Å². The van der Waals surface area contributed by atoms with Gasteiger partial charge in [-0.3, -0.25) is 0 Å². The van der Waals surface area contributed by atoms with E-state index in [2.05, 4.69) is 0 Å². The van der Waals surface area contributed by atoms with Gasteiger partial charge in [0.15, 0.2) is 0 Å². The fraction of sp³-hybridized carbons (Fsp3) is 1.00. The third-order valence-corrected chi connectivity index (χ3v) is 2.25. The fourth-order valence-electron chi connectivity index (χ4n) is 1.21. The zero-order valence-electron chi connectivity index (χ0n) is 5.68. The minimum Gasteiger partial charge on any atom is -0.247 e. The minimum absolute atomic E-state index is 0.0443. The average Bonchev–Trinajstić information content (AvgIpc) is 1.95. The summed E-state index contributed by atoms with van der Waals surface area (Å²) in [6.45, 7) is 0. The van der Waals surface area contributed by atoms with Crippen LogP contribution in [0.5, 0.6) is 0 Å². The summed E-state index contributed by atoms with van der Waals surface area (Å²) >= 11 is 0. The summed E-state index contributed by atoms with van der Waals surface area (Å²) in [6.07, 6.45) is 1.95. The zero-order chi connectivity index (χ0) is 7.40. The summed E-state index contributed by atoms with van der Waals surface area (Å²) in [4.78, 5) is 0. The summed E-state index contributed by atoms with van der Waals surface area (Å²) in [7, 11) is -0.692. The molecular formula is C6H11FO2P+. The van der Waals surface area contributed by atoms with Crippen LogP contribution in [0, 0.1) is 0 Å². The van der Waals surface area contributed by atoms with E-state index in [9.17, 15) is 8.96 Å². The Balaban J connectivity index is 2.19. The molecular weight excluding hydrogens is 154 g/mol. The summed E-state index contributed by atoms with van der Waals surface area (Å²) in [5, 5.41) is 0. The lowest BCUT2D eigenvalue weighted by atomic mass is 9.96. The Labute approximate surface area is 61.0 Å². The predicted octanol–water partition coefficient (Wildman–Crippen LogP) is 2.22. The molecule has 58 valence electrons. The van der Waals surface area contributed by atoms with Crippen molar-refractivity contribution in [2.75, 3.05) is 0 Å². The molecule has 0 aromatic carbocycles. The summed E-state index contributed by atoms with van der Waals surface area (Å²) in [5.41, 5.74) is 0. The summed E-state index contributed by atoms with van der Waals surface area (Å²) < 4.78 is 27.3. The third-order valence-electron chi connectivity index (χ3n) is 1.82. The van der Waals surface area contributed by atoms with Crippen LogP contribution in [0.25, 0.3) is 0 Å². The highest BCUT2D eigenvalue weighted by molar-refractivity contribution is 7.17. The Bertz CT molecular complexity index is 112. The Hall–Kier alpha value is -0.0100. The van der Waals surface area contributed by atoms with E-state index in [1.807, 2.05) is 0 Å². The molecule has 0 amide bonds. The maximum Gasteiger partial charge on any atom is 0.494 e. The first kappa shape index (κ1) is 8.09. The molecule has 4 heteroatoms. The summed E-state index contributed by atoms with van der Waals surface area (Å²) in [6, 6.07) is 0. The fourth-order valence-corrected chi connectivity index (χ4v) is 1.58. The Kier molecular flexibility index (Phi) is 3.23. The Morgan fingerprint density at radius 1 is 1.30 bits per heavy atom. The SMILES string of the molecule is O=[PH+]OC1CCC(F)CC1. The standard InChI is InChI=1S/C6H11FO2P/c7-5-1-3-6(4-2-5)9-10-8/h5-6,10H,1-4H2/q+1. The van der Waals surface area contributed by atoms with Gasteiger partial charge >= 0.3 is 8.69 Å². The number of rotatable bonds is 2. The number of hydrogen-bond donors (Lipinski definition) is 0. The quantitative estimate of drug-likeness (QED) is 0.586. The topological polar surface area (TPSA) is 26.3 Å². The van der Waals surface area contributed by atoms with Gasteiger partial charge in [-0.15, -0.1) is 4.52 Å². The highest BCUT2D eigenvalue weighted by atomic mass is 31.1. The molecule has 0 bridgehead atoms. The molecule has 0 radical (unpaired) electrons. The molecule has 1 saturated carbocycles. The van der Waals surface area contributed by atoms with Gasteiger partial charge in [-0.2, -0.15) is 0 Å². The number of alkyl halides is 1. The monoisotopic (exact) mass is 165 g/mol. The molecule has 1 unspecified atom stereocenters. The van der Waals surface area contributed by atoms with E-state index in [4.69, 9.17) is 4.52 Å². The first-order valence-electron chi connectivity index (χ1n) is 3.50. The zero-order valence-corrected chi connectivity index (χ0v) is 6.68. The minimum atomic E-state index is -0.692. The number of halogens is 1. The van der Waals surface area contributed by atoms with E-state index in [1.54, 1.807) is 0 Å². The van der Waals surface area contributed by atoms with Gasteiger partial charge in [0, 0.05) is 0 Å². The van der Waals surface area contributed by atoms with Crippen molar-refractivity contribution >= 4 is 8.69 Å². The van der Waals surface area contributed by atoms with Gasteiger partial charge in [0.05, 0.1) is 0 Å². The normalized spacial score (nSPS) is 34.5. The van der Waals surface area contributed by atoms with E-state index in [0.29, 0.717) is 12.8 Å². The van der Waals surface area contributed by atoms with Crippen LogP contribution in [-0.2, 0) is 9.09 Å². The molecule has 10 heavy (non-hydrogen) atoms. The van der Waals surface area contributed by atoms with E-state index in [-0.39, 0.29) is 6.10 Å². The molecule has 1 aliphatic rings. The lowest BCUT2D eigenvalue weighted by Gasteiger charge is -2.18. The molecule has 1 atom stereocenters. The molecule has 0 heterocycles. The van der Waals surface area contributed by atoms with Crippen molar-refractivity contribution < 1.29 is 13.5 Å². The van der Waals surface area contributed by atoms with E-state index < -0.39 is 14.9 Å². The average molecular weight is 165 g/mol. The van der Waals surface area contributed by atoms with Gasteiger partial charge in [0.1, 0.15) is 12.3 Å². The molecule has 1 fully saturated rings. The molecule has 1 rings (SSSR count). The Morgan fingerprint density at radius 3 is 2.40 bits per heavy atom. The lowest BCUT2D eigenvalue weighted by molar-refractivity contribution is 0.125. The molecule has 0 saturated heterocycles. The molecule has 0 N–H and O–H groups in total. The van der Waals surface area contributed by atoms with Gasteiger partial charge < -0.3 is 0 Å². The molecule has 0 spiro atoms. The Morgan fingerprint density at radius 2 is 1.90 bits per heavy atom. The van der Waals surface area contributed by atoms with E-state index in [0.717, 1.165) is 12.8 Å². The number of hydrogen-bond acceptors (Lipinski definition) is 2. The van der Waals surface area contributed by atoms with Crippen LogP contribution in [-0.4, -0.2) is 12.3 Å². The lowest BCUT2D eigenvalue weighted by Crippen LogP contribution is -2.19. The second-order valence-corrected chi connectivity index (χ2v) is 2.98. The van der Waals surface area contributed by atoms with Crippen LogP contribution in [0.2, 0.25) is 0 Å². The highest BCUT2D eigenvalue weighted by Crippen LogP contribution is 2.25. The highest BCUT2D eigenvalue weighted by Gasteiger charge is 2.23. The van der Waals surface area contributed by atoms with Gasteiger partial charge in [-0.05, 0) is 30.2 Å². The molecule has 0 aromatic rings. The van der Waals surface area contributed by atoms with Gasteiger partial charge in [-0.25, -0.2) is 4.39 Å². The largest absolute Gasteiger partial charge is 0.494 e. The summed E-state index contributed by atoms with van der Waals surface area (Å²) in [5.74, 6) is 0. The maximum absolute atomic E-state index is 12.5. The van der Waals surface area contributed by atoms with Crippen LogP contribution in [0.3, 0.4) is 0 Å². The molecule has 0 aromatic heterocycles. The van der Waals surface area contributed by atoms with Gasteiger partial charge in [0.25, 0.3) is 0 Å². The second-order valence-electron chi connectivity index (χ2n) is 2.58. The van der Waals surface area contributed by atoms with Gasteiger partial charge in [0.2, 0.25) is 0 Å². The van der Waals surface area contributed by atoms with Crippen molar-refractivity contribution in [2.45, 2.75) is 38.0 Å². The van der Waals surface area contributed by atoms with Crippen molar-refractivity contribution in [3.05, 3.63) is 0 Å². The van der Waals surface area contributed by atoms with Crippen molar-refractivity contribution in [3.63, 3.8) is 0 Å². The van der Waals surface area contributed by atoms with Crippen LogP contribution < -0.4 is 0 Å². The van der Waals surface area contributed by atoms with Crippen LogP contribution in [0.15, 0.2) is 0 Å². The van der Waals surface area contributed by atoms with Crippen molar-refractivity contribution in [1.82, 2.24) is 0 Å². The van der Waals surface area contributed by atoms with Crippen molar-refractivity contribution in [3.8, 4) is 0 Å². The third kappa shape index (κ3) is 2.31. The second kappa shape index (κ2) is 3.99.